The number of carbonyl (C=O) groups is 1. The Bertz CT molecular complexity index is 1250. The van der Waals surface area contributed by atoms with E-state index in [0.717, 1.165) is 28.7 Å². The summed E-state index contributed by atoms with van der Waals surface area (Å²) in [7, 11) is 0. The molecular weight excluding hydrogens is 445 g/mol. The van der Waals surface area contributed by atoms with E-state index in [2.05, 4.69) is 25.1 Å². The van der Waals surface area contributed by atoms with Crippen molar-refractivity contribution >= 4 is 12.0 Å². The Kier molecular flexibility index (Phi) is 6.82. The predicted molar refractivity (Wildman–Crippen MR) is 133 cm³/mol. The molecule has 5 nitrogen and oxygen atoms in total. The molecule has 0 N–H and O–H groups in total. The molecule has 2 aliphatic heterocycles. The minimum Gasteiger partial charge on any atom is -0.487 e. The van der Waals surface area contributed by atoms with Crippen molar-refractivity contribution in [2.45, 2.75) is 26.0 Å². The van der Waals surface area contributed by atoms with Gasteiger partial charge >= 0.3 is 0 Å². The van der Waals surface area contributed by atoms with Gasteiger partial charge in [0.1, 0.15) is 18.5 Å². The van der Waals surface area contributed by atoms with Crippen LogP contribution in [-0.4, -0.2) is 43.3 Å². The summed E-state index contributed by atoms with van der Waals surface area (Å²) >= 11 is 0. The Hall–Kier alpha value is -3.64. The molecule has 5 rings (SSSR count). The normalized spacial score (nSPS) is 17.7. The van der Waals surface area contributed by atoms with E-state index in [1.807, 2.05) is 18.2 Å². The molecule has 2 heterocycles. The second-order valence-corrected chi connectivity index (χ2v) is 8.88. The van der Waals surface area contributed by atoms with Gasteiger partial charge in [0.25, 0.3) is 0 Å². The van der Waals surface area contributed by atoms with Gasteiger partial charge in [-0.15, -0.1) is 0 Å². The Morgan fingerprint density at radius 1 is 1.11 bits per heavy atom. The first-order chi connectivity index (χ1) is 17.1. The number of amides is 1. The lowest BCUT2D eigenvalue weighted by Gasteiger charge is -2.20. The number of hydrogen-bond donors (Lipinski definition) is 0. The second-order valence-electron chi connectivity index (χ2n) is 8.88. The standard InChI is InChI=1S/C29H28FNO4/c1-20-5-2-3-8-26(20)22-16-23-18-31(28(32)10-9-21-6-4-7-24(30)15-21)12-14-34-29(23)27(17-22)35-25-11-13-33-19-25/h2-10,15-17,25H,11-14,18-19H2,1H3. The molecule has 2 aliphatic rings. The second kappa shape index (κ2) is 10.3. The van der Waals surface area contributed by atoms with E-state index in [1.165, 1.54) is 18.2 Å². The van der Waals surface area contributed by atoms with Crippen LogP contribution in [0.25, 0.3) is 17.2 Å². The number of aryl methyl sites for hydroxylation is 1. The van der Waals surface area contributed by atoms with E-state index in [0.29, 0.717) is 50.0 Å². The molecule has 0 spiro atoms. The fourth-order valence-corrected chi connectivity index (χ4v) is 4.48. The predicted octanol–water partition coefficient (Wildman–Crippen LogP) is 5.40. The van der Waals surface area contributed by atoms with Crippen molar-refractivity contribution in [2.24, 2.45) is 0 Å². The molecule has 0 bridgehead atoms. The maximum atomic E-state index is 13.5. The highest BCUT2D eigenvalue weighted by Crippen LogP contribution is 2.40. The Morgan fingerprint density at radius 3 is 2.80 bits per heavy atom. The zero-order valence-corrected chi connectivity index (χ0v) is 19.7. The summed E-state index contributed by atoms with van der Waals surface area (Å²) in [5.74, 6) is 0.874. The minimum atomic E-state index is -0.333. The van der Waals surface area contributed by atoms with Crippen LogP contribution in [0.4, 0.5) is 4.39 Å². The molecule has 1 amide bonds. The minimum absolute atomic E-state index is 0.0231. The van der Waals surface area contributed by atoms with Gasteiger partial charge in [0.2, 0.25) is 5.91 Å². The third-order valence-electron chi connectivity index (χ3n) is 6.32. The van der Waals surface area contributed by atoms with Crippen molar-refractivity contribution in [3.8, 4) is 22.6 Å². The fourth-order valence-electron chi connectivity index (χ4n) is 4.48. The molecule has 180 valence electrons. The Balaban J connectivity index is 1.46. The van der Waals surface area contributed by atoms with Crippen molar-refractivity contribution < 1.29 is 23.4 Å². The van der Waals surface area contributed by atoms with Crippen LogP contribution in [0.3, 0.4) is 0 Å². The van der Waals surface area contributed by atoms with Crippen molar-refractivity contribution in [3.63, 3.8) is 0 Å². The largest absolute Gasteiger partial charge is 0.487 e. The van der Waals surface area contributed by atoms with Crippen LogP contribution in [0.2, 0.25) is 0 Å². The number of carbonyl (C=O) groups excluding carboxylic acids is 1. The Morgan fingerprint density at radius 2 is 2.00 bits per heavy atom. The summed E-state index contributed by atoms with van der Waals surface area (Å²) in [6, 6.07) is 18.5. The van der Waals surface area contributed by atoms with Gasteiger partial charge in [-0.25, -0.2) is 4.39 Å². The van der Waals surface area contributed by atoms with E-state index < -0.39 is 0 Å². The molecule has 0 saturated carbocycles. The van der Waals surface area contributed by atoms with Crippen molar-refractivity contribution in [1.29, 1.82) is 0 Å². The molecule has 1 atom stereocenters. The molecule has 1 fully saturated rings. The molecule has 1 unspecified atom stereocenters. The van der Waals surface area contributed by atoms with Crippen molar-refractivity contribution in [3.05, 3.63) is 89.2 Å². The zero-order valence-electron chi connectivity index (χ0n) is 19.7. The van der Waals surface area contributed by atoms with Crippen LogP contribution in [0.5, 0.6) is 11.5 Å². The topological polar surface area (TPSA) is 48.0 Å². The molecule has 3 aromatic rings. The van der Waals surface area contributed by atoms with Gasteiger partial charge in [-0.1, -0.05) is 36.4 Å². The number of ether oxygens (including phenoxy) is 3. The van der Waals surface area contributed by atoms with Gasteiger partial charge in [-0.3, -0.25) is 4.79 Å². The van der Waals surface area contributed by atoms with Gasteiger partial charge in [0.15, 0.2) is 11.5 Å². The molecule has 35 heavy (non-hydrogen) atoms. The lowest BCUT2D eigenvalue weighted by Crippen LogP contribution is -2.30. The summed E-state index contributed by atoms with van der Waals surface area (Å²) in [6.45, 7) is 4.50. The van der Waals surface area contributed by atoms with E-state index in [-0.39, 0.29) is 17.8 Å². The Labute approximate surface area is 204 Å². The lowest BCUT2D eigenvalue weighted by molar-refractivity contribution is -0.126. The first-order valence-electron chi connectivity index (χ1n) is 11.9. The molecular formula is C29H28FNO4. The summed E-state index contributed by atoms with van der Waals surface area (Å²) < 4.78 is 31.5. The van der Waals surface area contributed by atoms with Crippen LogP contribution >= 0.6 is 0 Å². The van der Waals surface area contributed by atoms with Gasteiger partial charge in [-0.05, 0) is 59.5 Å². The van der Waals surface area contributed by atoms with E-state index in [1.54, 1.807) is 23.1 Å². The first kappa shape index (κ1) is 23.1. The van der Waals surface area contributed by atoms with Crippen LogP contribution in [-0.2, 0) is 16.1 Å². The molecule has 0 aromatic heterocycles. The highest BCUT2D eigenvalue weighted by Gasteiger charge is 2.26. The van der Waals surface area contributed by atoms with Crippen LogP contribution < -0.4 is 9.47 Å². The van der Waals surface area contributed by atoms with Gasteiger partial charge in [-0.2, -0.15) is 0 Å². The van der Waals surface area contributed by atoms with Gasteiger partial charge in [0, 0.05) is 24.6 Å². The third-order valence-corrected chi connectivity index (χ3v) is 6.32. The smallest absolute Gasteiger partial charge is 0.246 e. The fraction of sp³-hybridized carbons (Fsp3) is 0.276. The van der Waals surface area contributed by atoms with E-state index in [4.69, 9.17) is 14.2 Å². The van der Waals surface area contributed by atoms with Gasteiger partial charge in [0.05, 0.1) is 19.8 Å². The summed E-state index contributed by atoms with van der Waals surface area (Å²) in [5.41, 5.74) is 4.81. The number of rotatable bonds is 5. The number of hydrogen-bond acceptors (Lipinski definition) is 4. The monoisotopic (exact) mass is 473 g/mol. The van der Waals surface area contributed by atoms with Crippen molar-refractivity contribution in [1.82, 2.24) is 4.90 Å². The van der Waals surface area contributed by atoms with E-state index in [9.17, 15) is 9.18 Å². The highest BCUT2D eigenvalue weighted by atomic mass is 19.1. The maximum absolute atomic E-state index is 13.5. The summed E-state index contributed by atoms with van der Waals surface area (Å²) in [5, 5.41) is 0. The molecule has 6 heteroatoms. The average Bonchev–Trinajstić information content (AvgIpc) is 3.26. The van der Waals surface area contributed by atoms with Crippen LogP contribution in [0.15, 0.2) is 66.7 Å². The number of fused-ring (bicyclic) bond motifs is 1. The summed E-state index contributed by atoms with van der Waals surface area (Å²) in [6.07, 6.45) is 3.93. The zero-order chi connectivity index (χ0) is 24.2. The number of nitrogens with zero attached hydrogens (tertiary/aromatic N) is 1. The quantitative estimate of drug-likeness (QED) is 0.466. The summed E-state index contributed by atoms with van der Waals surface area (Å²) in [4.78, 5) is 14.8. The SMILES string of the molecule is Cc1ccccc1-c1cc2c(c(OC3CCOC3)c1)OCCN(C(=O)C=Cc1cccc(F)c1)C2. The van der Waals surface area contributed by atoms with Crippen LogP contribution in [0, 0.1) is 12.7 Å². The third kappa shape index (κ3) is 5.38. The molecule has 1 saturated heterocycles. The maximum Gasteiger partial charge on any atom is 0.246 e. The van der Waals surface area contributed by atoms with Crippen molar-refractivity contribution in [2.75, 3.05) is 26.4 Å². The van der Waals surface area contributed by atoms with E-state index >= 15 is 0 Å². The molecule has 0 radical (unpaired) electrons. The average molecular weight is 474 g/mol. The van der Waals surface area contributed by atoms with Gasteiger partial charge < -0.3 is 19.1 Å². The lowest BCUT2D eigenvalue weighted by atomic mass is 9.97. The molecule has 0 aliphatic carbocycles. The highest BCUT2D eigenvalue weighted by molar-refractivity contribution is 5.92. The molecule has 3 aromatic carbocycles. The first-order valence-corrected chi connectivity index (χ1v) is 11.9. The number of halogens is 1. The van der Waals surface area contributed by atoms with Crippen LogP contribution in [0.1, 0.15) is 23.1 Å². The number of benzene rings is 3.